The zero-order valence-corrected chi connectivity index (χ0v) is 10.8. The maximum Gasteiger partial charge on any atom is 0.307 e. The number of hydrogen-bond acceptors (Lipinski definition) is 3. The number of carboxylic acids is 1. The minimum absolute atomic E-state index is 0.139. The Hall–Kier alpha value is -0.610. The molecule has 0 saturated carbocycles. The van der Waals surface area contributed by atoms with Crippen molar-refractivity contribution in [2.24, 2.45) is 11.8 Å². The van der Waals surface area contributed by atoms with E-state index in [-0.39, 0.29) is 12.0 Å². The summed E-state index contributed by atoms with van der Waals surface area (Å²) in [4.78, 5) is 15.5. The topological polar surface area (TPSA) is 43.8 Å². The van der Waals surface area contributed by atoms with E-state index in [9.17, 15) is 4.79 Å². The van der Waals surface area contributed by atoms with Gasteiger partial charge >= 0.3 is 5.97 Å². The summed E-state index contributed by atoms with van der Waals surface area (Å²) >= 11 is 0. The number of carbonyl (C=O) groups is 1. The van der Waals surface area contributed by atoms with Gasteiger partial charge in [-0.1, -0.05) is 6.92 Å². The molecule has 0 aromatic rings. The van der Waals surface area contributed by atoms with E-state index in [2.05, 4.69) is 16.8 Å². The van der Waals surface area contributed by atoms with Gasteiger partial charge in [-0.3, -0.25) is 4.79 Å². The van der Waals surface area contributed by atoms with Crippen molar-refractivity contribution in [1.82, 2.24) is 9.80 Å². The van der Waals surface area contributed by atoms with Crippen molar-refractivity contribution in [2.45, 2.75) is 25.8 Å². The number of nitrogens with zero attached hydrogens (tertiary/aromatic N) is 2. The molecular weight excluding hydrogens is 204 g/mol. The van der Waals surface area contributed by atoms with Crippen LogP contribution in [0.15, 0.2) is 0 Å². The highest BCUT2D eigenvalue weighted by molar-refractivity contribution is 5.70. The first kappa shape index (κ1) is 13.5. The molecule has 3 atom stereocenters. The summed E-state index contributed by atoms with van der Waals surface area (Å²) in [6.07, 6.45) is 2.32. The maximum absolute atomic E-state index is 11.1. The molecule has 0 radical (unpaired) electrons. The Labute approximate surface area is 98.2 Å². The fourth-order valence-electron chi connectivity index (χ4n) is 2.91. The Morgan fingerprint density at radius 2 is 2.12 bits per heavy atom. The summed E-state index contributed by atoms with van der Waals surface area (Å²) in [6, 6.07) is 0.139. The van der Waals surface area contributed by atoms with Gasteiger partial charge in [-0.2, -0.15) is 0 Å². The van der Waals surface area contributed by atoms with Crippen LogP contribution >= 0.6 is 0 Å². The van der Waals surface area contributed by atoms with Crippen LogP contribution in [0.2, 0.25) is 0 Å². The molecule has 0 amide bonds. The maximum atomic E-state index is 11.1. The van der Waals surface area contributed by atoms with E-state index in [1.807, 2.05) is 21.0 Å². The molecule has 4 nitrogen and oxygen atoms in total. The highest BCUT2D eigenvalue weighted by Crippen LogP contribution is 2.26. The molecule has 0 aliphatic carbocycles. The minimum Gasteiger partial charge on any atom is -0.481 e. The summed E-state index contributed by atoms with van der Waals surface area (Å²) < 4.78 is 0. The lowest BCUT2D eigenvalue weighted by Gasteiger charge is -2.40. The van der Waals surface area contributed by atoms with Crippen LogP contribution in [-0.2, 0) is 4.79 Å². The van der Waals surface area contributed by atoms with E-state index >= 15 is 0 Å². The number of hydrogen-bond donors (Lipinski definition) is 1. The van der Waals surface area contributed by atoms with E-state index in [1.54, 1.807) is 0 Å². The average Bonchev–Trinajstić information content (AvgIpc) is 2.17. The van der Waals surface area contributed by atoms with Crippen molar-refractivity contribution in [3.05, 3.63) is 0 Å². The second kappa shape index (κ2) is 5.64. The summed E-state index contributed by atoms with van der Waals surface area (Å²) in [5.41, 5.74) is 0. The SMILES string of the molecule is CC(C(=O)O)C(C1CCCN(C)C1)N(C)C. The van der Waals surface area contributed by atoms with Crippen molar-refractivity contribution in [3.8, 4) is 0 Å². The average molecular weight is 228 g/mol. The molecule has 0 aromatic heterocycles. The fourth-order valence-corrected chi connectivity index (χ4v) is 2.91. The van der Waals surface area contributed by atoms with Gasteiger partial charge in [-0.05, 0) is 46.4 Å². The molecular formula is C12H24N2O2. The third kappa shape index (κ3) is 3.19. The highest BCUT2D eigenvalue weighted by Gasteiger charge is 2.34. The molecule has 1 rings (SSSR count). The lowest BCUT2D eigenvalue weighted by molar-refractivity contribution is -0.144. The van der Waals surface area contributed by atoms with Crippen LogP contribution in [0.4, 0.5) is 0 Å². The number of likely N-dealkylation sites (tertiary alicyclic amines) is 1. The van der Waals surface area contributed by atoms with Gasteiger partial charge in [0.05, 0.1) is 5.92 Å². The molecule has 0 bridgehead atoms. The Morgan fingerprint density at radius 1 is 1.50 bits per heavy atom. The Morgan fingerprint density at radius 3 is 2.56 bits per heavy atom. The van der Waals surface area contributed by atoms with Crippen LogP contribution in [0.5, 0.6) is 0 Å². The largest absolute Gasteiger partial charge is 0.481 e. The molecule has 3 unspecified atom stereocenters. The number of aliphatic carboxylic acids is 1. The van der Waals surface area contributed by atoms with Gasteiger partial charge < -0.3 is 14.9 Å². The molecule has 0 spiro atoms. The predicted octanol–water partition coefficient (Wildman–Crippen LogP) is 0.979. The van der Waals surface area contributed by atoms with Gasteiger partial charge in [-0.25, -0.2) is 0 Å². The third-order valence-electron chi connectivity index (χ3n) is 3.64. The monoisotopic (exact) mass is 228 g/mol. The van der Waals surface area contributed by atoms with Gasteiger partial charge in [0.2, 0.25) is 0 Å². The minimum atomic E-state index is -0.688. The predicted molar refractivity (Wildman–Crippen MR) is 64.5 cm³/mol. The van der Waals surface area contributed by atoms with E-state index < -0.39 is 5.97 Å². The van der Waals surface area contributed by atoms with Crippen molar-refractivity contribution in [3.63, 3.8) is 0 Å². The van der Waals surface area contributed by atoms with Gasteiger partial charge in [0.25, 0.3) is 0 Å². The van der Waals surface area contributed by atoms with Crippen LogP contribution in [0.3, 0.4) is 0 Å². The first-order valence-electron chi connectivity index (χ1n) is 6.01. The van der Waals surface area contributed by atoms with Gasteiger partial charge in [0.15, 0.2) is 0 Å². The van der Waals surface area contributed by atoms with Crippen molar-refractivity contribution in [2.75, 3.05) is 34.2 Å². The molecule has 1 saturated heterocycles. The zero-order valence-electron chi connectivity index (χ0n) is 10.8. The standard InChI is InChI=1S/C12H24N2O2/c1-9(12(15)16)11(13(2)3)10-6-5-7-14(4)8-10/h9-11H,5-8H2,1-4H3,(H,15,16). The summed E-state index contributed by atoms with van der Waals surface area (Å²) in [7, 11) is 6.09. The van der Waals surface area contributed by atoms with E-state index in [1.165, 1.54) is 6.42 Å². The first-order valence-corrected chi connectivity index (χ1v) is 6.01. The second-order valence-corrected chi connectivity index (χ2v) is 5.25. The Bertz CT molecular complexity index is 243. The normalized spacial score (nSPS) is 26.7. The van der Waals surface area contributed by atoms with Crippen LogP contribution in [0.25, 0.3) is 0 Å². The van der Waals surface area contributed by atoms with Crippen molar-refractivity contribution in [1.29, 1.82) is 0 Å². The molecule has 1 aliphatic rings. The molecule has 1 aliphatic heterocycles. The van der Waals surface area contributed by atoms with Gasteiger partial charge in [0, 0.05) is 12.6 Å². The smallest absolute Gasteiger partial charge is 0.307 e. The summed E-state index contributed by atoms with van der Waals surface area (Å²) in [5, 5.41) is 9.16. The quantitative estimate of drug-likeness (QED) is 0.779. The zero-order chi connectivity index (χ0) is 12.3. The summed E-state index contributed by atoms with van der Waals surface area (Å²) in [6.45, 7) is 3.97. The Balaban J connectivity index is 2.72. The third-order valence-corrected chi connectivity index (χ3v) is 3.64. The highest BCUT2D eigenvalue weighted by atomic mass is 16.4. The van der Waals surface area contributed by atoms with Gasteiger partial charge in [-0.15, -0.1) is 0 Å². The molecule has 4 heteroatoms. The van der Waals surface area contributed by atoms with Crippen LogP contribution in [0.1, 0.15) is 19.8 Å². The molecule has 94 valence electrons. The molecule has 16 heavy (non-hydrogen) atoms. The lowest BCUT2D eigenvalue weighted by atomic mass is 9.83. The number of carboxylic acid groups (broad SMARTS) is 1. The van der Waals surface area contributed by atoms with E-state index in [0.717, 1.165) is 19.5 Å². The van der Waals surface area contributed by atoms with Gasteiger partial charge in [0.1, 0.15) is 0 Å². The van der Waals surface area contributed by atoms with Crippen LogP contribution < -0.4 is 0 Å². The van der Waals surface area contributed by atoms with Crippen LogP contribution in [-0.4, -0.2) is 61.2 Å². The molecule has 0 aromatic carbocycles. The molecule has 1 fully saturated rings. The van der Waals surface area contributed by atoms with Crippen molar-refractivity contribution < 1.29 is 9.90 Å². The summed E-state index contributed by atoms with van der Waals surface area (Å²) in [5.74, 6) is -0.515. The lowest BCUT2D eigenvalue weighted by Crippen LogP contribution is -2.49. The molecule has 1 heterocycles. The first-order chi connectivity index (χ1) is 7.43. The Kier molecular flexibility index (Phi) is 4.74. The number of piperidine rings is 1. The van der Waals surface area contributed by atoms with E-state index in [0.29, 0.717) is 5.92 Å². The molecule has 1 N–H and O–H groups in total. The second-order valence-electron chi connectivity index (χ2n) is 5.25. The number of rotatable bonds is 4. The van der Waals surface area contributed by atoms with Crippen molar-refractivity contribution >= 4 is 5.97 Å². The fraction of sp³-hybridized carbons (Fsp3) is 0.917. The van der Waals surface area contributed by atoms with E-state index in [4.69, 9.17) is 5.11 Å². The van der Waals surface area contributed by atoms with Crippen LogP contribution in [0, 0.1) is 11.8 Å².